The molecule has 0 aliphatic heterocycles. The summed E-state index contributed by atoms with van der Waals surface area (Å²) in [5, 5.41) is 0.320. The number of rotatable bonds is 4. The van der Waals surface area contributed by atoms with E-state index in [1.165, 1.54) is 5.57 Å². The molecule has 0 bridgehead atoms. The fourth-order valence-corrected chi connectivity index (χ4v) is 0.830. The Balaban J connectivity index is 3.34. The summed E-state index contributed by atoms with van der Waals surface area (Å²) in [6.07, 6.45) is 5.67. The van der Waals surface area contributed by atoms with Crippen LogP contribution in [0.5, 0.6) is 0 Å². The average molecular weight is 161 g/mol. The number of hydrogen-bond donors (Lipinski definition) is 0. The van der Waals surface area contributed by atoms with Gasteiger partial charge < -0.3 is 0 Å². The first-order chi connectivity index (χ1) is 4.66. The minimum absolute atomic E-state index is 0.320. The first-order valence-corrected chi connectivity index (χ1v) is 4.40. The van der Waals surface area contributed by atoms with Gasteiger partial charge in [0.1, 0.15) is 0 Å². The fraction of sp³-hybridized carbons (Fsp3) is 0.778. The Morgan fingerprint density at radius 1 is 1.60 bits per heavy atom. The molecule has 1 atom stereocenters. The summed E-state index contributed by atoms with van der Waals surface area (Å²) in [7, 11) is 0. The van der Waals surface area contributed by atoms with Crippen LogP contribution in [-0.2, 0) is 0 Å². The van der Waals surface area contributed by atoms with E-state index in [4.69, 9.17) is 11.6 Å². The third-order valence-corrected chi connectivity index (χ3v) is 1.83. The quantitative estimate of drug-likeness (QED) is 0.434. The molecule has 0 N–H and O–H groups in total. The van der Waals surface area contributed by atoms with E-state index in [1.807, 2.05) is 6.92 Å². The summed E-state index contributed by atoms with van der Waals surface area (Å²) >= 11 is 5.78. The van der Waals surface area contributed by atoms with Crippen LogP contribution in [-0.4, -0.2) is 5.38 Å². The highest BCUT2D eigenvalue weighted by Crippen LogP contribution is 2.07. The zero-order chi connectivity index (χ0) is 7.98. The van der Waals surface area contributed by atoms with Crippen molar-refractivity contribution in [1.29, 1.82) is 0 Å². The standard InChI is InChI=1S/C9H17Cl/c1-4-8(2)6-5-7-9(3)10/h6,9H,4-5,7H2,1-3H3/b8-6+. The highest BCUT2D eigenvalue weighted by Gasteiger charge is 1.92. The second-order valence-corrected chi connectivity index (χ2v) is 3.51. The molecule has 0 aromatic heterocycles. The van der Waals surface area contributed by atoms with E-state index in [1.54, 1.807) is 0 Å². The Hall–Kier alpha value is 0.0300. The third kappa shape index (κ3) is 6.15. The SMILES string of the molecule is CC/C(C)=C/CCC(C)Cl. The van der Waals surface area contributed by atoms with E-state index < -0.39 is 0 Å². The molecular formula is C9H17Cl. The molecule has 60 valence electrons. The molecule has 0 aromatic rings. The molecule has 0 saturated carbocycles. The first kappa shape index (κ1) is 10.0. The molecule has 0 radical (unpaired) electrons. The summed E-state index contributed by atoms with van der Waals surface area (Å²) in [6.45, 7) is 6.38. The van der Waals surface area contributed by atoms with E-state index in [9.17, 15) is 0 Å². The third-order valence-electron chi connectivity index (χ3n) is 1.61. The van der Waals surface area contributed by atoms with Crippen LogP contribution in [0.15, 0.2) is 11.6 Å². The van der Waals surface area contributed by atoms with Gasteiger partial charge in [0.25, 0.3) is 0 Å². The molecule has 0 spiro atoms. The van der Waals surface area contributed by atoms with Crippen LogP contribution in [0.1, 0.15) is 40.0 Å². The second-order valence-electron chi connectivity index (χ2n) is 2.76. The normalized spacial score (nSPS) is 15.4. The van der Waals surface area contributed by atoms with Crippen molar-refractivity contribution in [2.24, 2.45) is 0 Å². The Morgan fingerprint density at radius 3 is 2.60 bits per heavy atom. The average Bonchev–Trinajstić information content (AvgIpc) is 1.87. The Bertz CT molecular complexity index is 103. The molecule has 1 unspecified atom stereocenters. The van der Waals surface area contributed by atoms with Crippen molar-refractivity contribution in [2.45, 2.75) is 45.4 Å². The van der Waals surface area contributed by atoms with Gasteiger partial charge in [0.05, 0.1) is 0 Å². The van der Waals surface area contributed by atoms with Gasteiger partial charge in [-0.15, -0.1) is 11.6 Å². The molecule has 0 saturated heterocycles. The number of allylic oxidation sites excluding steroid dienone is 2. The molecule has 0 aliphatic rings. The van der Waals surface area contributed by atoms with Gasteiger partial charge >= 0.3 is 0 Å². The molecule has 0 fully saturated rings. The van der Waals surface area contributed by atoms with Gasteiger partial charge in [-0.3, -0.25) is 0 Å². The number of hydrogen-bond acceptors (Lipinski definition) is 0. The van der Waals surface area contributed by atoms with Gasteiger partial charge in [-0.05, 0) is 33.1 Å². The predicted octanol–water partition coefficient (Wildman–Crippen LogP) is 3.75. The van der Waals surface area contributed by atoms with Gasteiger partial charge in [0.2, 0.25) is 0 Å². The lowest BCUT2D eigenvalue weighted by molar-refractivity contribution is 0.815. The van der Waals surface area contributed by atoms with Crippen molar-refractivity contribution < 1.29 is 0 Å². The summed E-state index contributed by atoms with van der Waals surface area (Å²) in [5.74, 6) is 0. The van der Waals surface area contributed by atoms with Crippen molar-refractivity contribution in [3.8, 4) is 0 Å². The van der Waals surface area contributed by atoms with Gasteiger partial charge in [-0.25, -0.2) is 0 Å². The van der Waals surface area contributed by atoms with E-state index in [0.29, 0.717) is 5.38 Å². The maximum atomic E-state index is 5.78. The molecule has 0 heterocycles. The summed E-state index contributed by atoms with van der Waals surface area (Å²) in [6, 6.07) is 0. The lowest BCUT2D eigenvalue weighted by Gasteiger charge is -1.98. The molecule has 0 rings (SSSR count). The highest BCUT2D eigenvalue weighted by molar-refractivity contribution is 6.20. The molecular weight excluding hydrogens is 144 g/mol. The van der Waals surface area contributed by atoms with Gasteiger partial charge in [-0.1, -0.05) is 18.6 Å². The highest BCUT2D eigenvalue weighted by atomic mass is 35.5. The number of alkyl halides is 1. The van der Waals surface area contributed by atoms with Crippen LogP contribution in [0.4, 0.5) is 0 Å². The topological polar surface area (TPSA) is 0 Å². The van der Waals surface area contributed by atoms with Crippen LogP contribution in [0.2, 0.25) is 0 Å². The van der Waals surface area contributed by atoms with E-state index in [0.717, 1.165) is 19.3 Å². The van der Waals surface area contributed by atoms with Gasteiger partial charge in [-0.2, -0.15) is 0 Å². The van der Waals surface area contributed by atoms with Crippen molar-refractivity contribution in [1.82, 2.24) is 0 Å². The van der Waals surface area contributed by atoms with Crippen LogP contribution in [0.3, 0.4) is 0 Å². The van der Waals surface area contributed by atoms with Gasteiger partial charge in [0, 0.05) is 5.38 Å². The maximum Gasteiger partial charge on any atom is 0.0310 e. The fourth-order valence-electron chi connectivity index (χ4n) is 0.704. The lowest BCUT2D eigenvalue weighted by atomic mass is 10.1. The minimum Gasteiger partial charge on any atom is -0.123 e. The first-order valence-electron chi connectivity index (χ1n) is 3.96. The molecule has 1 heteroatoms. The minimum atomic E-state index is 0.320. The largest absolute Gasteiger partial charge is 0.123 e. The zero-order valence-corrected chi connectivity index (χ0v) is 7.91. The van der Waals surface area contributed by atoms with E-state index in [-0.39, 0.29) is 0 Å². The van der Waals surface area contributed by atoms with Crippen LogP contribution < -0.4 is 0 Å². The van der Waals surface area contributed by atoms with Crippen molar-refractivity contribution in [3.63, 3.8) is 0 Å². The molecule has 0 aliphatic carbocycles. The molecule has 0 aromatic carbocycles. The molecule has 10 heavy (non-hydrogen) atoms. The Labute approximate surface area is 69.3 Å². The summed E-state index contributed by atoms with van der Waals surface area (Å²) < 4.78 is 0. The lowest BCUT2D eigenvalue weighted by Crippen LogP contribution is -1.88. The summed E-state index contributed by atoms with van der Waals surface area (Å²) in [4.78, 5) is 0. The predicted molar refractivity (Wildman–Crippen MR) is 48.6 cm³/mol. The smallest absolute Gasteiger partial charge is 0.0310 e. The zero-order valence-electron chi connectivity index (χ0n) is 7.15. The second kappa shape index (κ2) is 5.79. The van der Waals surface area contributed by atoms with Crippen LogP contribution in [0.25, 0.3) is 0 Å². The van der Waals surface area contributed by atoms with E-state index >= 15 is 0 Å². The van der Waals surface area contributed by atoms with E-state index in [2.05, 4.69) is 19.9 Å². The van der Waals surface area contributed by atoms with Gasteiger partial charge in [0.15, 0.2) is 0 Å². The molecule has 0 amide bonds. The summed E-state index contributed by atoms with van der Waals surface area (Å²) in [5.41, 5.74) is 1.47. The Morgan fingerprint density at radius 2 is 2.20 bits per heavy atom. The Kier molecular flexibility index (Phi) is 5.81. The van der Waals surface area contributed by atoms with Crippen LogP contribution >= 0.6 is 11.6 Å². The molecule has 0 nitrogen and oxygen atoms in total. The monoisotopic (exact) mass is 160 g/mol. The van der Waals surface area contributed by atoms with Crippen molar-refractivity contribution >= 4 is 11.6 Å². The van der Waals surface area contributed by atoms with Crippen LogP contribution in [0, 0.1) is 0 Å². The number of halogens is 1. The van der Waals surface area contributed by atoms with Crippen molar-refractivity contribution in [2.75, 3.05) is 0 Å². The maximum absolute atomic E-state index is 5.78. The van der Waals surface area contributed by atoms with Crippen molar-refractivity contribution in [3.05, 3.63) is 11.6 Å².